The highest BCUT2D eigenvalue weighted by molar-refractivity contribution is 6.11. The minimum absolute atomic E-state index is 0.0368. The van der Waals surface area contributed by atoms with Gasteiger partial charge in [0.25, 0.3) is 0 Å². The topological polar surface area (TPSA) is 61.8 Å². The molecule has 4 atom stereocenters. The highest BCUT2D eigenvalue weighted by Crippen LogP contribution is 2.82. The Morgan fingerprint density at radius 3 is 2.82 bits per heavy atom. The van der Waals surface area contributed by atoms with Crippen LogP contribution < -0.4 is 4.74 Å². The summed E-state index contributed by atoms with van der Waals surface area (Å²) < 4.78 is 16.4. The van der Waals surface area contributed by atoms with E-state index in [1.165, 1.54) is 0 Å². The van der Waals surface area contributed by atoms with Crippen molar-refractivity contribution in [2.45, 2.75) is 18.1 Å². The van der Waals surface area contributed by atoms with E-state index in [4.69, 9.17) is 14.2 Å². The molecule has 5 rings (SSSR count). The Hall–Kier alpha value is -2.14. The molecule has 0 radical (unpaired) electrons. The van der Waals surface area contributed by atoms with E-state index in [1.807, 2.05) is 12.2 Å². The molecule has 3 heterocycles. The van der Waals surface area contributed by atoms with Crippen LogP contribution in [0.5, 0.6) is 5.75 Å². The number of Topliss-reactive ketones (excluding diaryl/α,β-unsaturated/α-hetero) is 1. The molecule has 0 unspecified atom stereocenters. The van der Waals surface area contributed by atoms with Crippen LogP contribution in [0.25, 0.3) is 0 Å². The summed E-state index contributed by atoms with van der Waals surface area (Å²) in [6.45, 7) is 0.219. The fourth-order valence-corrected chi connectivity index (χ4v) is 4.63. The first-order valence-electron chi connectivity index (χ1n) is 7.33. The molecule has 3 fully saturated rings. The standard InChI is InChI=1S/C17H14O5/c1-20-11-4-2-10(3-5-11)13(18)16-8-17(16)14(19)21-9-15(17)7-6-12(16)22-15/h2-7,12H,8-9H2,1H3/t12-,15-,16+,17+/m1/s1. The highest BCUT2D eigenvalue weighted by atomic mass is 16.6. The second-order valence-electron chi connectivity index (χ2n) is 6.47. The first kappa shape index (κ1) is 12.4. The van der Waals surface area contributed by atoms with Crippen LogP contribution >= 0.6 is 0 Å². The lowest BCUT2D eigenvalue weighted by Crippen LogP contribution is -2.39. The fraction of sp³-hybridized carbons (Fsp3) is 0.412. The predicted molar refractivity (Wildman–Crippen MR) is 74.5 cm³/mol. The van der Waals surface area contributed by atoms with E-state index < -0.39 is 16.4 Å². The third kappa shape index (κ3) is 1.01. The molecule has 2 bridgehead atoms. The van der Waals surface area contributed by atoms with Crippen LogP contribution in [0.4, 0.5) is 0 Å². The Morgan fingerprint density at radius 1 is 1.32 bits per heavy atom. The number of esters is 1. The van der Waals surface area contributed by atoms with Crippen molar-refractivity contribution in [3.05, 3.63) is 42.0 Å². The molecule has 5 nitrogen and oxygen atoms in total. The number of ketones is 1. The minimum Gasteiger partial charge on any atom is -0.497 e. The zero-order chi connectivity index (χ0) is 15.2. The first-order valence-corrected chi connectivity index (χ1v) is 7.33. The van der Waals surface area contributed by atoms with Gasteiger partial charge in [-0.1, -0.05) is 6.08 Å². The number of benzene rings is 1. The van der Waals surface area contributed by atoms with Crippen LogP contribution in [0.1, 0.15) is 16.8 Å². The molecule has 4 aliphatic rings. The van der Waals surface area contributed by atoms with E-state index in [0.717, 1.165) is 0 Å². The second-order valence-corrected chi connectivity index (χ2v) is 6.47. The summed E-state index contributed by atoms with van der Waals surface area (Å²) in [6, 6.07) is 6.99. The van der Waals surface area contributed by atoms with Crippen molar-refractivity contribution in [3.63, 3.8) is 0 Å². The monoisotopic (exact) mass is 298 g/mol. The van der Waals surface area contributed by atoms with Gasteiger partial charge in [0.15, 0.2) is 5.78 Å². The summed E-state index contributed by atoms with van der Waals surface area (Å²) in [5.74, 6) is 0.367. The molecular formula is C17H14O5. The molecule has 22 heavy (non-hydrogen) atoms. The molecular weight excluding hydrogens is 284 g/mol. The van der Waals surface area contributed by atoms with Gasteiger partial charge in [-0.25, -0.2) is 0 Å². The average molecular weight is 298 g/mol. The Morgan fingerprint density at radius 2 is 2.09 bits per heavy atom. The van der Waals surface area contributed by atoms with E-state index in [2.05, 4.69) is 0 Å². The number of ether oxygens (including phenoxy) is 3. The van der Waals surface area contributed by atoms with Gasteiger partial charge in [0, 0.05) is 5.56 Å². The average Bonchev–Trinajstić information content (AvgIpc) is 2.88. The molecule has 2 spiro atoms. The molecule has 1 aromatic carbocycles. The summed E-state index contributed by atoms with van der Waals surface area (Å²) in [7, 11) is 1.58. The van der Waals surface area contributed by atoms with E-state index in [-0.39, 0.29) is 24.5 Å². The van der Waals surface area contributed by atoms with Gasteiger partial charge in [-0.3, -0.25) is 9.59 Å². The zero-order valence-corrected chi connectivity index (χ0v) is 12.0. The lowest BCUT2D eigenvalue weighted by molar-refractivity contribution is -0.143. The minimum atomic E-state index is -0.809. The maximum Gasteiger partial charge on any atom is 0.316 e. The van der Waals surface area contributed by atoms with Gasteiger partial charge in [0.1, 0.15) is 23.4 Å². The van der Waals surface area contributed by atoms with Gasteiger partial charge >= 0.3 is 5.97 Å². The lowest BCUT2D eigenvalue weighted by Gasteiger charge is -2.21. The van der Waals surface area contributed by atoms with Gasteiger partial charge in [-0.05, 0) is 36.8 Å². The van der Waals surface area contributed by atoms with E-state index in [1.54, 1.807) is 31.4 Å². The smallest absolute Gasteiger partial charge is 0.316 e. The van der Waals surface area contributed by atoms with Gasteiger partial charge in [-0.2, -0.15) is 0 Å². The van der Waals surface area contributed by atoms with Crippen molar-refractivity contribution in [3.8, 4) is 5.75 Å². The number of methoxy groups -OCH3 is 1. The highest BCUT2D eigenvalue weighted by Gasteiger charge is 2.94. The van der Waals surface area contributed by atoms with Crippen molar-refractivity contribution in [1.82, 2.24) is 0 Å². The number of rotatable bonds is 3. The Balaban J connectivity index is 1.60. The summed E-state index contributed by atoms with van der Waals surface area (Å²) in [5, 5.41) is 0. The van der Waals surface area contributed by atoms with E-state index >= 15 is 0 Å². The number of cyclic esters (lactones) is 1. The maximum absolute atomic E-state index is 13.1. The summed E-state index contributed by atoms with van der Waals surface area (Å²) in [6.07, 6.45) is 4.01. The summed E-state index contributed by atoms with van der Waals surface area (Å²) in [5.41, 5.74) is -1.74. The van der Waals surface area contributed by atoms with Crippen LogP contribution in [0.2, 0.25) is 0 Å². The van der Waals surface area contributed by atoms with Gasteiger partial charge in [0.05, 0.1) is 18.6 Å². The third-order valence-corrected chi connectivity index (χ3v) is 5.79. The van der Waals surface area contributed by atoms with Crippen molar-refractivity contribution < 1.29 is 23.8 Å². The van der Waals surface area contributed by atoms with Crippen molar-refractivity contribution >= 4 is 11.8 Å². The summed E-state index contributed by atoms with van der Waals surface area (Å²) in [4.78, 5) is 25.5. The van der Waals surface area contributed by atoms with Crippen LogP contribution in [-0.4, -0.2) is 37.2 Å². The molecule has 1 aromatic rings. The van der Waals surface area contributed by atoms with E-state index in [9.17, 15) is 9.59 Å². The molecule has 0 N–H and O–H groups in total. The normalized spacial score (nSPS) is 42.8. The van der Waals surface area contributed by atoms with E-state index in [0.29, 0.717) is 17.7 Å². The van der Waals surface area contributed by atoms with Crippen LogP contribution in [-0.2, 0) is 14.3 Å². The maximum atomic E-state index is 13.1. The fourth-order valence-electron chi connectivity index (χ4n) is 4.63. The summed E-state index contributed by atoms with van der Waals surface area (Å²) >= 11 is 0. The van der Waals surface area contributed by atoms with Crippen LogP contribution in [0, 0.1) is 10.8 Å². The van der Waals surface area contributed by atoms with Crippen molar-refractivity contribution in [2.24, 2.45) is 10.8 Å². The number of hydrogen-bond acceptors (Lipinski definition) is 5. The second kappa shape index (κ2) is 3.43. The molecule has 3 aliphatic heterocycles. The Bertz CT molecular complexity index is 751. The van der Waals surface area contributed by atoms with Crippen molar-refractivity contribution in [2.75, 3.05) is 13.7 Å². The molecule has 1 saturated carbocycles. The van der Waals surface area contributed by atoms with Gasteiger partial charge in [-0.15, -0.1) is 0 Å². The number of carbonyl (C=O) groups excluding carboxylic acids is 2. The number of carbonyl (C=O) groups is 2. The Labute approximate surface area is 126 Å². The Kier molecular flexibility index (Phi) is 1.94. The molecule has 2 saturated heterocycles. The third-order valence-electron chi connectivity index (χ3n) is 5.79. The largest absolute Gasteiger partial charge is 0.497 e. The zero-order valence-electron chi connectivity index (χ0n) is 12.0. The molecule has 112 valence electrons. The molecule has 0 aromatic heterocycles. The SMILES string of the molecule is COc1ccc(C(=O)[C@@]23C[C@@]24C(=O)OC[C@]42C=C[C@H]3O2)cc1. The molecule has 0 amide bonds. The molecule has 5 heteroatoms. The number of hydrogen-bond donors (Lipinski definition) is 0. The molecule has 1 aliphatic carbocycles. The quantitative estimate of drug-likeness (QED) is 0.481. The van der Waals surface area contributed by atoms with Gasteiger partial charge < -0.3 is 14.2 Å². The number of fused-ring (bicyclic) bond motifs is 2. The first-order chi connectivity index (χ1) is 10.6. The van der Waals surface area contributed by atoms with Crippen LogP contribution in [0.3, 0.4) is 0 Å². The van der Waals surface area contributed by atoms with Crippen LogP contribution in [0.15, 0.2) is 36.4 Å². The van der Waals surface area contributed by atoms with Gasteiger partial charge in [0.2, 0.25) is 0 Å². The predicted octanol–water partition coefficient (Wildman–Crippen LogP) is 1.52. The lowest BCUT2D eigenvalue weighted by atomic mass is 9.74. The van der Waals surface area contributed by atoms with Crippen molar-refractivity contribution in [1.29, 1.82) is 0 Å².